The Bertz CT molecular complexity index is 1450. The van der Waals surface area contributed by atoms with Crippen LogP contribution in [0.5, 0.6) is 11.5 Å². The van der Waals surface area contributed by atoms with E-state index in [0.29, 0.717) is 39.9 Å². The third kappa shape index (κ3) is 6.06. The molecule has 10 heteroatoms. The molecule has 186 valence electrons. The van der Waals surface area contributed by atoms with E-state index in [-0.39, 0.29) is 11.5 Å². The summed E-state index contributed by atoms with van der Waals surface area (Å²) in [6.45, 7) is 0. The maximum absolute atomic E-state index is 13.1. The van der Waals surface area contributed by atoms with Crippen molar-refractivity contribution < 1.29 is 19.2 Å². The van der Waals surface area contributed by atoms with Gasteiger partial charge in [0.1, 0.15) is 11.6 Å². The van der Waals surface area contributed by atoms with Crippen molar-refractivity contribution in [3.8, 4) is 11.5 Å². The van der Waals surface area contributed by atoms with Crippen LogP contribution in [0.4, 0.5) is 28.7 Å². The maximum Gasteiger partial charge on any atom is 0.269 e. The highest BCUT2D eigenvalue weighted by atomic mass is 16.6. The minimum atomic E-state index is -0.475. The zero-order valence-corrected chi connectivity index (χ0v) is 20.0. The van der Waals surface area contributed by atoms with Crippen molar-refractivity contribution in [1.82, 2.24) is 9.97 Å². The number of aromatic nitrogens is 2. The monoisotopic (exact) mass is 497 g/mol. The van der Waals surface area contributed by atoms with Gasteiger partial charge in [-0.1, -0.05) is 0 Å². The third-order valence-corrected chi connectivity index (χ3v) is 5.31. The lowest BCUT2D eigenvalue weighted by Gasteiger charge is -2.12. The highest BCUT2D eigenvalue weighted by molar-refractivity contribution is 6.10. The number of nitrogens with one attached hydrogen (secondary N) is 2. The number of hydrogen-bond acceptors (Lipinski definition) is 9. The summed E-state index contributed by atoms with van der Waals surface area (Å²) in [5, 5.41) is 17.2. The smallest absolute Gasteiger partial charge is 0.269 e. The number of carbonyl (C=O) groups is 1. The van der Waals surface area contributed by atoms with Crippen LogP contribution < -0.4 is 20.1 Å². The maximum atomic E-state index is 13.1. The van der Waals surface area contributed by atoms with Gasteiger partial charge in [0.05, 0.1) is 24.7 Å². The zero-order chi connectivity index (χ0) is 26.2. The van der Waals surface area contributed by atoms with Crippen molar-refractivity contribution in [2.75, 3.05) is 24.9 Å². The van der Waals surface area contributed by atoms with Gasteiger partial charge >= 0.3 is 0 Å². The molecule has 10 nitrogen and oxygen atoms in total. The zero-order valence-electron chi connectivity index (χ0n) is 20.0. The molecule has 4 aromatic rings. The van der Waals surface area contributed by atoms with Gasteiger partial charge in [-0.2, -0.15) is 0 Å². The molecule has 0 aliphatic rings. The second kappa shape index (κ2) is 11.5. The number of methoxy groups -OCH3 is 2. The van der Waals surface area contributed by atoms with Gasteiger partial charge in [-0.05, 0) is 60.7 Å². The lowest BCUT2D eigenvalue weighted by atomic mass is 10.1. The summed E-state index contributed by atoms with van der Waals surface area (Å²) in [4.78, 5) is 32.1. The van der Waals surface area contributed by atoms with Crippen molar-refractivity contribution in [2.24, 2.45) is 0 Å². The number of rotatable bonds is 10. The number of benzene rings is 2. The Balaban J connectivity index is 1.53. The molecule has 0 fully saturated rings. The van der Waals surface area contributed by atoms with E-state index in [1.807, 2.05) is 12.1 Å². The molecule has 4 rings (SSSR count). The van der Waals surface area contributed by atoms with E-state index in [4.69, 9.17) is 9.47 Å². The normalized spacial score (nSPS) is 10.6. The van der Waals surface area contributed by atoms with E-state index in [1.54, 1.807) is 75.2 Å². The molecule has 0 amide bonds. The topological polar surface area (TPSA) is 129 Å². The van der Waals surface area contributed by atoms with Gasteiger partial charge in [0, 0.05) is 47.5 Å². The summed E-state index contributed by atoms with van der Waals surface area (Å²) in [6.07, 6.45) is 6.31. The minimum Gasteiger partial charge on any atom is -0.493 e. The summed E-state index contributed by atoms with van der Waals surface area (Å²) < 4.78 is 10.6. The molecule has 0 radical (unpaired) electrons. The predicted octanol–water partition coefficient (Wildman–Crippen LogP) is 5.79. The van der Waals surface area contributed by atoms with Gasteiger partial charge < -0.3 is 20.1 Å². The van der Waals surface area contributed by atoms with E-state index in [1.165, 1.54) is 18.2 Å². The van der Waals surface area contributed by atoms with Crippen LogP contribution in [0.2, 0.25) is 0 Å². The van der Waals surface area contributed by atoms with Gasteiger partial charge in [0.15, 0.2) is 17.3 Å². The molecule has 0 atom stereocenters. The molecule has 0 spiro atoms. The number of carbonyl (C=O) groups excluding carboxylic acids is 1. The largest absolute Gasteiger partial charge is 0.493 e. The van der Waals surface area contributed by atoms with Gasteiger partial charge in [-0.15, -0.1) is 0 Å². The van der Waals surface area contributed by atoms with Gasteiger partial charge in [0.25, 0.3) is 5.69 Å². The quantitative estimate of drug-likeness (QED) is 0.121. The molecule has 37 heavy (non-hydrogen) atoms. The fraction of sp³-hybridized carbons (Fsp3) is 0.0741. The number of hydrogen-bond donors (Lipinski definition) is 2. The number of allylic oxidation sites excluding steroid dienone is 1. The molecule has 2 N–H and O–H groups in total. The Labute approximate surface area is 212 Å². The molecule has 0 aliphatic carbocycles. The molecule has 0 aliphatic heterocycles. The van der Waals surface area contributed by atoms with E-state index in [2.05, 4.69) is 20.6 Å². The summed E-state index contributed by atoms with van der Waals surface area (Å²) in [5.74, 6) is 1.78. The SMILES string of the molecule is COc1ccc(Nc2ncccc2C=CC(=O)c2cccnc2Nc2ccc([N+](=O)[O-])cc2)cc1OC. The van der Waals surface area contributed by atoms with Crippen LogP contribution in [0, 0.1) is 10.1 Å². The summed E-state index contributed by atoms with van der Waals surface area (Å²) in [7, 11) is 3.13. The van der Waals surface area contributed by atoms with Crippen LogP contribution in [-0.2, 0) is 0 Å². The molecule has 0 bridgehead atoms. The molecule has 2 heterocycles. The van der Waals surface area contributed by atoms with Crippen molar-refractivity contribution in [3.05, 3.63) is 106 Å². The first-order chi connectivity index (χ1) is 18.0. The second-order valence-electron chi connectivity index (χ2n) is 7.66. The van der Waals surface area contributed by atoms with Crippen LogP contribution in [0.3, 0.4) is 0 Å². The second-order valence-corrected chi connectivity index (χ2v) is 7.66. The predicted molar refractivity (Wildman–Crippen MR) is 141 cm³/mol. The fourth-order valence-electron chi connectivity index (χ4n) is 3.47. The van der Waals surface area contributed by atoms with E-state index < -0.39 is 4.92 Å². The number of nitro benzene ring substituents is 1. The number of ether oxygens (including phenoxy) is 2. The lowest BCUT2D eigenvalue weighted by molar-refractivity contribution is -0.384. The number of non-ortho nitro benzene ring substituents is 1. The van der Waals surface area contributed by atoms with Crippen LogP contribution in [0.1, 0.15) is 15.9 Å². The summed E-state index contributed by atoms with van der Waals surface area (Å²) >= 11 is 0. The van der Waals surface area contributed by atoms with Crippen molar-refractivity contribution >= 4 is 40.6 Å². The summed E-state index contributed by atoms with van der Waals surface area (Å²) in [5.41, 5.74) is 2.31. The van der Waals surface area contributed by atoms with Crippen LogP contribution in [0.25, 0.3) is 6.08 Å². The van der Waals surface area contributed by atoms with Crippen molar-refractivity contribution in [1.29, 1.82) is 0 Å². The average molecular weight is 498 g/mol. The Morgan fingerprint density at radius 3 is 2.22 bits per heavy atom. The molecule has 2 aromatic carbocycles. The number of pyridine rings is 2. The Morgan fingerprint density at radius 2 is 1.51 bits per heavy atom. The first kappa shape index (κ1) is 24.9. The minimum absolute atomic E-state index is 0.0280. The number of nitrogens with zero attached hydrogens (tertiary/aromatic N) is 3. The number of ketones is 1. The van der Waals surface area contributed by atoms with Crippen molar-refractivity contribution in [2.45, 2.75) is 0 Å². The summed E-state index contributed by atoms with van der Waals surface area (Å²) in [6, 6.07) is 18.2. The molecule has 2 aromatic heterocycles. The van der Waals surface area contributed by atoms with E-state index in [9.17, 15) is 14.9 Å². The molecular weight excluding hydrogens is 474 g/mol. The van der Waals surface area contributed by atoms with Crippen LogP contribution >= 0.6 is 0 Å². The highest BCUT2D eigenvalue weighted by Gasteiger charge is 2.12. The van der Waals surface area contributed by atoms with Crippen molar-refractivity contribution in [3.63, 3.8) is 0 Å². The van der Waals surface area contributed by atoms with Crippen LogP contribution in [-0.4, -0.2) is 34.9 Å². The standard InChI is InChI=1S/C27H23N5O5/c1-36-24-14-10-20(17-25(24)37-2)31-26-18(5-3-15-28-26)7-13-23(33)22-6-4-16-29-27(22)30-19-8-11-21(12-9-19)32(34)35/h3-17H,1-2H3,(H,28,31)(H,29,30). The Kier molecular flexibility index (Phi) is 7.69. The Hall–Kier alpha value is -5.25. The van der Waals surface area contributed by atoms with Crippen LogP contribution in [0.15, 0.2) is 85.2 Å². The average Bonchev–Trinajstić information content (AvgIpc) is 2.93. The first-order valence-corrected chi connectivity index (χ1v) is 11.1. The molecular formula is C27H23N5O5. The lowest BCUT2D eigenvalue weighted by Crippen LogP contribution is -2.04. The number of nitro groups is 1. The molecule has 0 saturated heterocycles. The van der Waals surface area contributed by atoms with E-state index in [0.717, 1.165) is 5.69 Å². The third-order valence-electron chi connectivity index (χ3n) is 5.31. The van der Waals surface area contributed by atoms with E-state index >= 15 is 0 Å². The first-order valence-electron chi connectivity index (χ1n) is 11.1. The van der Waals surface area contributed by atoms with Gasteiger partial charge in [0.2, 0.25) is 0 Å². The number of anilines is 4. The Morgan fingerprint density at radius 1 is 0.865 bits per heavy atom. The highest BCUT2D eigenvalue weighted by Crippen LogP contribution is 2.31. The fourth-order valence-corrected chi connectivity index (χ4v) is 3.47. The molecule has 0 saturated carbocycles. The van der Waals surface area contributed by atoms with Gasteiger partial charge in [-0.25, -0.2) is 9.97 Å². The van der Waals surface area contributed by atoms with Gasteiger partial charge in [-0.3, -0.25) is 14.9 Å². The molecule has 0 unspecified atom stereocenters.